The average Bonchev–Trinajstić information content (AvgIpc) is 3.15. The monoisotopic (exact) mass is 489 g/mol. The SMILES string of the molecule is CCOC(=O)Cc1nnc(SCC(=O)Nc2ccc(Cl)c([N+](=O)[O-])c2)n1Cc1ccccc1. The number of nitrogens with zero attached hydrogens (tertiary/aromatic N) is 4. The van der Waals surface area contributed by atoms with Crippen LogP contribution in [-0.2, 0) is 27.3 Å². The Morgan fingerprint density at radius 3 is 2.67 bits per heavy atom. The van der Waals surface area contributed by atoms with E-state index in [0.717, 1.165) is 17.3 Å². The van der Waals surface area contributed by atoms with Crippen molar-refractivity contribution in [2.24, 2.45) is 0 Å². The highest BCUT2D eigenvalue weighted by atomic mass is 35.5. The number of esters is 1. The van der Waals surface area contributed by atoms with Crippen molar-refractivity contribution < 1.29 is 19.2 Å². The maximum atomic E-state index is 12.4. The van der Waals surface area contributed by atoms with Crippen molar-refractivity contribution in [3.8, 4) is 0 Å². The average molecular weight is 490 g/mol. The van der Waals surface area contributed by atoms with Gasteiger partial charge in [0, 0.05) is 11.8 Å². The fraction of sp³-hybridized carbons (Fsp3) is 0.238. The predicted octanol–water partition coefficient (Wildman–Crippen LogP) is 3.72. The third-order valence-electron chi connectivity index (χ3n) is 4.34. The number of hydrogen-bond donors (Lipinski definition) is 1. The maximum absolute atomic E-state index is 12.4. The highest BCUT2D eigenvalue weighted by Crippen LogP contribution is 2.27. The van der Waals surface area contributed by atoms with Crippen LogP contribution in [0.5, 0.6) is 0 Å². The predicted molar refractivity (Wildman–Crippen MR) is 123 cm³/mol. The molecule has 0 aliphatic rings. The van der Waals surface area contributed by atoms with E-state index in [0.29, 0.717) is 17.5 Å². The van der Waals surface area contributed by atoms with E-state index in [1.807, 2.05) is 30.3 Å². The second-order valence-electron chi connectivity index (χ2n) is 6.71. The van der Waals surface area contributed by atoms with Crippen LogP contribution in [0.25, 0.3) is 0 Å². The van der Waals surface area contributed by atoms with Gasteiger partial charge in [-0.2, -0.15) is 0 Å². The summed E-state index contributed by atoms with van der Waals surface area (Å²) in [4.78, 5) is 34.8. The summed E-state index contributed by atoms with van der Waals surface area (Å²) < 4.78 is 6.77. The number of carbonyl (C=O) groups excluding carboxylic acids is 2. The normalized spacial score (nSPS) is 10.6. The van der Waals surface area contributed by atoms with Crippen LogP contribution in [0, 0.1) is 10.1 Å². The Labute approximate surface area is 198 Å². The topological polar surface area (TPSA) is 129 Å². The lowest BCUT2D eigenvalue weighted by atomic mass is 10.2. The lowest BCUT2D eigenvalue weighted by Gasteiger charge is -2.10. The first-order chi connectivity index (χ1) is 15.9. The van der Waals surface area contributed by atoms with Gasteiger partial charge in [-0.05, 0) is 24.6 Å². The smallest absolute Gasteiger partial charge is 0.313 e. The van der Waals surface area contributed by atoms with E-state index in [1.54, 1.807) is 11.5 Å². The van der Waals surface area contributed by atoms with Gasteiger partial charge in [0.15, 0.2) is 5.16 Å². The van der Waals surface area contributed by atoms with Crippen molar-refractivity contribution in [3.05, 3.63) is 75.1 Å². The number of rotatable bonds is 10. The zero-order chi connectivity index (χ0) is 23.8. The number of halogens is 1. The number of thioether (sulfide) groups is 1. The van der Waals surface area contributed by atoms with Crippen LogP contribution in [0.4, 0.5) is 11.4 Å². The number of amides is 1. The van der Waals surface area contributed by atoms with E-state index < -0.39 is 16.8 Å². The first-order valence-corrected chi connectivity index (χ1v) is 11.2. The minimum atomic E-state index is -0.621. The molecule has 0 saturated heterocycles. The molecule has 0 aliphatic carbocycles. The summed E-state index contributed by atoms with van der Waals surface area (Å²) >= 11 is 6.94. The zero-order valence-electron chi connectivity index (χ0n) is 17.6. The van der Waals surface area contributed by atoms with E-state index in [1.165, 1.54) is 18.2 Å². The Balaban J connectivity index is 1.72. The number of nitro benzene ring substituents is 1. The van der Waals surface area contributed by atoms with Gasteiger partial charge in [-0.25, -0.2) is 0 Å². The highest BCUT2D eigenvalue weighted by Gasteiger charge is 2.19. The van der Waals surface area contributed by atoms with Crippen LogP contribution in [0.1, 0.15) is 18.3 Å². The molecule has 0 atom stereocenters. The van der Waals surface area contributed by atoms with Gasteiger partial charge in [0.05, 0.1) is 23.8 Å². The summed E-state index contributed by atoms with van der Waals surface area (Å²) in [7, 11) is 0. The number of benzene rings is 2. The van der Waals surface area contributed by atoms with Gasteiger partial charge in [-0.3, -0.25) is 19.7 Å². The molecule has 0 saturated carbocycles. The molecule has 3 rings (SSSR count). The van der Waals surface area contributed by atoms with E-state index in [4.69, 9.17) is 16.3 Å². The number of ether oxygens (including phenoxy) is 1. The first-order valence-electron chi connectivity index (χ1n) is 9.85. The molecule has 1 N–H and O–H groups in total. The highest BCUT2D eigenvalue weighted by molar-refractivity contribution is 7.99. The van der Waals surface area contributed by atoms with Gasteiger partial charge in [-0.15, -0.1) is 10.2 Å². The molecule has 0 spiro atoms. The van der Waals surface area contributed by atoms with Crippen LogP contribution in [0.15, 0.2) is 53.7 Å². The quantitative estimate of drug-likeness (QED) is 0.197. The van der Waals surface area contributed by atoms with Gasteiger partial charge in [0.25, 0.3) is 5.69 Å². The maximum Gasteiger partial charge on any atom is 0.313 e. The molecule has 0 aliphatic heterocycles. The van der Waals surface area contributed by atoms with E-state index in [9.17, 15) is 19.7 Å². The minimum absolute atomic E-state index is 0.0180. The lowest BCUT2D eigenvalue weighted by Crippen LogP contribution is -2.16. The Morgan fingerprint density at radius 2 is 1.97 bits per heavy atom. The second kappa shape index (κ2) is 11.4. The molecule has 172 valence electrons. The molecule has 10 nitrogen and oxygen atoms in total. The van der Waals surface area contributed by atoms with Crippen LogP contribution in [0.3, 0.4) is 0 Å². The molecule has 1 amide bonds. The zero-order valence-corrected chi connectivity index (χ0v) is 19.1. The van der Waals surface area contributed by atoms with Crippen LogP contribution in [-0.4, -0.2) is 43.9 Å². The summed E-state index contributed by atoms with van der Waals surface area (Å²) in [6, 6.07) is 13.6. The van der Waals surface area contributed by atoms with Crippen molar-refractivity contribution in [2.75, 3.05) is 17.7 Å². The fourth-order valence-electron chi connectivity index (χ4n) is 2.88. The van der Waals surface area contributed by atoms with Gasteiger partial charge in [0.1, 0.15) is 17.3 Å². The number of anilines is 1. The van der Waals surface area contributed by atoms with Crippen LogP contribution < -0.4 is 5.32 Å². The van der Waals surface area contributed by atoms with Gasteiger partial charge in [-0.1, -0.05) is 53.7 Å². The molecule has 0 bridgehead atoms. The first kappa shape index (κ1) is 24.2. The van der Waals surface area contributed by atoms with E-state index >= 15 is 0 Å². The molecule has 2 aromatic carbocycles. The summed E-state index contributed by atoms with van der Waals surface area (Å²) in [5, 5.41) is 22.3. The summed E-state index contributed by atoms with van der Waals surface area (Å²) in [6.45, 7) is 2.40. The molecule has 12 heteroatoms. The van der Waals surface area contributed by atoms with Crippen molar-refractivity contribution in [2.45, 2.75) is 25.0 Å². The van der Waals surface area contributed by atoms with Crippen molar-refractivity contribution in [1.82, 2.24) is 14.8 Å². The summed E-state index contributed by atoms with van der Waals surface area (Å²) in [5.41, 5.74) is 0.931. The molecule has 0 unspecified atom stereocenters. The van der Waals surface area contributed by atoms with Crippen LogP contribution in [0.2, 0.25) is 5.02 Å². The standard InChI is InChI=1S/C21H20ClN5O5S/c1-2-32-20(29)11-18-24-25-21(26(18)12-14-6-4-3-5-7-14)33-13-19(28)23-15-8-9-16(22)17(10-15)27(30)31/h3-10H,2,11-13H2,1H3,(H,23,28). The molecular weight excluding hydrogens is 470 g/mol. The van der Waals surface area contributed by atoms with E-state index in [-0.39, 0.29) is 35.2 Å². The molecule has 33 heavy (non-hydrogen) atoms. The Hall–Kier alpha value is -3.44. The third kappa shape index (κ3) is 6.77. The second-order valence-corrected chi connectivity index (χ2v) is 8.06. The fourth-order valence-corrected chi connectivity index (χ4v) is 3.82. The lowest BCUT2D eigenvalue weighted by molar-refractivity contribution is -0.384. The number of aromatic nitrogens is 3. The molecule has 1 heterocycles. The Bertz CT molecular complexity index is 1160. The molecule has 3 aromatic rings. The van der Waals surface area contributed by atoms with E-state index in [2.05, 4.69) is 15.5 Å². The third-order valence-corrected chi connectivity index (χ3v) is 5.63. The molecule has 1 aromatic heterocycles. The molecule has 0 fully saturated rings. The minimum Gasteiger partial charge on any atom is -0.466 e. The van der Waals surface area contributed by atoms with Gasteiger partial charge < -0.3 is 14.6 Å². The Morgan fingerprint density at radius 1 is 1.21 bits per heavy atom. The van der Waals surface area contributed by atoms with Gasteiger partial charge >= 0.3 is 5.97 Å². The van der Waals surface area contributed by atoms with Gasteiger partial charge in [0.2, 0.25) is 5.91 Å². The number of nitrogens with one attached hydrogen (secondary N) is 1. The van der Waals surface area contributed by atoms with Crippen LogP contribution >= 0.6 is 23.4 Å². The summed E-state index contributed by atoms with van der Waals surface area (Å²) in [6.07, 6.45) is -0.0468. The van der Waals surface area contributed by atoms with Crippen molar-refractivity contribution in [1.29, 1.82) is 0 Å². The summed E-state index contributed by atoms with van der Waals surface area (Å²) in [5.74, 6) is -0.410. The van der Waals surface area contributed by atoms with Crippen molar-refractivity contribution >= 4 is 46.6 Å². The molecular formula is C21H20ClN5O5S. The number of hydrogen-bond acceptors (Lipinski definition) is 8. The largest absolute Gasteiger partial charge is 0.466 e. The number of nitro groups is 1. The Kier molecular flexibility index (Phi) is 8.39. The van der Waals surface area contributed by atoms with Crippen molar-refractivity contribution in [3.63, 3.8) is 0 Å². The molecule has 0 radical (unpaired) electrons. The number of carbonyl (C=O) groups is 2.